The van der Waals surface area contributed by atoms with Gasteiger partial charge in [0.1, 0.15) is 5.82 Å². The zero-order valence-corrected chi connectivity index (χ0v) is 15.9. The molecule has 3 rings (SSSR count). The van der Waals surface area contributed by atoms with E-state index in [1.807, 2.05) is 0 Å². The summed E-state index contributed by atoms with van der Waals surface area (Å²) in [6, 6.07) is 19.8. The number of nitrogens with one attached hydrogen (secondary N) is 2. The maximum Gasteiger partial charge on any atom is 0.261 e. The Labute approximate surface area is 163 Å². The predicted octanol–water partition coefficient (Wildman–Crippen LogP) is 4.12. The van der Waals surface area contributed by atoms with Gasteiger partial charge in [-0.05, 0) is 61.0 Å². The van der Waals surface area contributed by atoms with Crippen LogP contribution in [0, 0.1) is 5.82 Å². The molecule has 0 saturated carbocycles. The van der Waals surface area contributed by atoms with Gasteiger partial charge in [-0.2, -0.15) is 0 Å². The summed E-state index contributed by atoms with van der Waals surface area (Å²) in [7, 11) is -3.69. The maximum absolute atomic E-state index is 13.0. The molecule has 0 bridgehead atoms. The third-order valence-electron chi connectivity index (χ3n) is 4.17. The summed E-state index contributed by atoms with van der Waals surface area (Å²) in [4.78, 5) is 12.5. The van der Waals surface area contributed by atoms with Crippen LogP contribution in [0.2, 0.25) is 0 Å². The number of sulfonamides is 1. The molecule has 0 aliphatic rings. The van der Waals surface area contributed by atoms with Crippen LogP contribution in [-0.2, 0) is 10.0 Å². The Balaban J connectivity index is 1.66. The molecule has 0 fully saturated rings. The van der Waals surface area contributed by atoms with Crippen LogP contribution in [0.5, 0.6) is 0 Å². The van der Waals surface area contributed by atoms with Gasteiger partial charge in [0.25, 0.3) is 15.9 Å². The van der Waals surface area contributed by atoms with Gasteiger partial charge in [-0.1, -0.05) is 30.3 Å². The van der Waals surface area contributed by atoms with E-state index in [1.54, 1.807) is 37.3 Å². The summed E-state index contributed by atoms with van der Waals surface area (Å²) in [5.41, 5.74) is 1.52. The topological polar surface area (TPSA) is 75.3 Å². The Kier molecular flexibility index (Phi) is 5.75. The van der Waals surface area contributed by atoms with Crippen molar-refractivity contribution in [1.29, 1.82) is 0 Å². The average molecular weight is 398 g/mol. The normalized spacial score (nSPS) is 12.2. The van der Waals surface area contributed by atoms with Gasteiger partial charge in [0.15, 0.2) is 0 Å². The van der Waals surface area contributed by atoms with E-state index in [1.165, 1.54) is 48.5 Å². The minimum atomic E-state index is -3.69. The lowest BCUT2D eigenvalue weighted by Gasteiger charge is -2.15. The number of carbonyl (C=O) groups is 1. The largest absolute Gasteiger partial charge is 0.346 e. The van der Waals surface area contributed by atoms with Gasteiger partial charge in [-0.25, -0.2) is 12.8 Å². The number of amides is 1. The quantitative estimate of drug-likeness (QED) is 0.656. The molecule has 3 aromatic rings. The highest BCUT2D eigenvalue weighted by atomic mass is 32.2. The highest BCUT2D eigenvalue weighted by molar-refractivity contribution is 7.92. The summed E-state index contributed by atoms with van der Waals surface area (Å²) in [6.45, 7) is 1.80. The lowest BCUT2D eigenvalue weighted by molar-refractivity contribution is 0.0940. The molecule has 7 heteroatoms. The molecule has 0 aromatic heterocycles. The zero-order chi connectivity index (χ0) is 20.1. The number of hydrogen-bond donors (Lipinski definition) is 2. The first-order chi connectivity index (χ1) is 13.3. The molecule has 5 nitrogen and oxygen atoms in total. The van der Waals surface area contributed by atoms with Crippen molar-refractivity contribution in [2.75, 3.05) is 4.72 Å². The fourth-order valence-electron chi connectivity index (χ4n) is 2.62. The number of halogens is 1. The maximum atomic E-state index is 13.0. The van der Waals surface area contributed by atoms with Crippen LogP contribution >= 0.6 is 0 Å². The lowest BCUT2D eigenvalue weighted by Crippen LogP contribution is -2.26. The standard InChI is InChI=1S/C21H19FN2O3S/c1-15(16-7-11-18(22)12-8-16)23-21(25)17-9-13-19(14-10-17)24-28(26,27)20-5-3-2-4-6-20/h2-15,24H,1H3,(H,23,25). The van der Waals surface area contributed by atoms with E-state index >= 15 is 0 Å². The van der Waals surface area contributed by atoms with E-state index in [0.29, 0.717) is 11.3 Å². The van der Waals surface area contributed by atoms with Crippen molar-refractivity contribution >= 4 is 21.6 Å². The first-order valence-corrected chi connectivity index (χ1v) is 10.1. The van der Waals surface area contributed by atoms with Gasteiger partial charge in [0, 0.05) is 11.3 Å². The second-order valence-corrected chi connectivity index (χ2v) is 7.93. The summed E-state index contributed by atoms with van der Waals surface area (Å²) in [5.74, 6) is -0.648. The van der Waals surface area contributed by atoms with E-state index in [4.69, 9.17) is 0 Å². The molecule has 0 spiro atoms. The van der Waals surface area contributed by atoms with E-state index in [9.17, 15) is 17.6 Å². The lowest BCUT2D eigenvalue weighted by atomic mass is 10.1. The molecule has 0 aliphatic carbocycles. The van der Waals surface area contributed by atoms with Gasteiger partial charge in [-0.15, -0.1) is 0 Å². The molecule has 2 N–H and O–H groups in total. The molecule has 0 radical (unpaired) electrons. The zero-order valence-electron chi connectivity index (χ0n) is 15.1. The van der Waals surface area contributed by atoms with Crippen LogP contribution in [0.15, 0.2) is 83.8 Å². The number of carbonyl (C=O) groups excluding carboxylic acids is 1. The van der Waals surface area contributed by atoms with Crippen LogP contribution in [0.3, 0.4) is 0 Å². The minimum absolute atomic E-state index is 0.157. The Hall–Kier alpha value is -3.19. The molecule has 28 heavy (non-hydrogen) atoms. The Bertz CT molecular complexity index is 1050. The van der Waals surface area contributed by atoms with Crippen molar-refractivity contribution in [3.63, 3.8) is 0 Å². The monoisotopic (exact) mass is 398 g/mol. The number of anilines is 1. The Morgan fingerprint density at radius 1 is 0.893 bits per heavy atom. The Morgan fingerprint density at radius 2 is 1.50 bits per heavy atom. The van der Waals surface area contributed by atoms with Crippen LogP contribution in [-0.4, -0.2) is 14.3 Å². The minimum Gasteiger partial charge on any atom is -0.346 e. The average Bonchev–Trinajstić information content (AvgIpc) is 2.69. The fraction of sp³-hybridized carbons (Fsp3) is 0.0952. The highest BCUT2D eigenvalue weighted by Gasteiger charge is 2.15. The van der Waals surface area contributed by atoms with Gasteiger partial charge in [0.05, 0.1) is 10.9 Å². The highest BCUT2D eigenvalue weighted by Crippen LogP contribution is 2.18. The molecule has 0 aliphatic heterocycles. The van der Waals surface area contributed by atoms with E-state index in [0.717, 1.165) is 5.56 Å². The SMILES string of the molecule is CC(NC(=O)c1ccc(NS(=O)(=O)c2ccccc2)cc1)c1ccc(F)cc1. The van der Waals surface area contributed by atoms with Crippen LogP contribution in [0.25, 0.3) is 0 Å². The van der Waals surface area contributed by atoms with Gasteiger partial charge < -0.3 is 5.32 Å². The van der Waals surface area contributed by atoms with Crippen molar-refractivity contribution in [3.05, 3.63) is 95.8 Å². The molecule has 0 heterocycles. The van der Waals surface area contributed by atoms with Crippen LogP contribution < -0.4 is 10.0 Å². The summed E-state index contributed by atoms with van der Waals surface area (Å²) in [5, 5.41) is 2.83. The summed E-state index contributed by atoms with van der Waals surface area (Å²) >= 11 is 0. The summed E-state index contributed by atoms with van der Waals surface area (Å²) in [6.07, 6.45) is 0. The molecule has 1 amide bonds. The van der Waals surface area contributed by atoms with Gasteiger partial charge >= 0.3 is 0 Å². The second-order valence-electron chi connectivity index (χ2n) is 6.24. The van der Waals surface area contributed by atoms with Crippen molar-refractivity contribution in [3.8, 4) is 0 Å². The van der Waals surface area contributed by atoms with E-state index < -0.39 is 10.0 Å². The molecule has 144 valence electrons. The van der Waals surface area contributed by atoms with E-state index in [-0.39, 0.29) is 22.7 Å². The van der Waals surface area contributed by atoms with Gasteiger partial charge in [0.2, 0.25) is 0 Å². The Morgan fingerprint density at radius 3 is 2.11 bits per heavy atom. The fourth-order valence-corrected chi connectivity index (χ4v) is 3.70. The van der Waals surface area contributed by atoms with E-state index in [2.05, 4.69) is 10.0 Å². The third-order valence-corrected chi connectivity index (χ3v) is 5.57. The molecule has 0 saturated heterocycles. The van der Waals surface area contributed by atoms with Gasteiger partial charge in [-0.3, -0.25) is 9.52 Å². The van der Waals surface area contributed by atoms with Crippen LogP contribution in [0.4, 0.5) is 10.1 Å². The van der Waals surface area contributed by atoms with Crippen molar-refractivity contribution < 1.29 is 17.6 Å². The number of rotatable bonds is 6. The molecule has 1 atom stereocenters. The van der Waals surface area contributed by atoms with Crippen molar-refractivity contribution in [1.82, 2.24) is 5.32 Å². The summed E-state index contributed by atoms with van der Waals surface area (Å²) < 4.78 is 40.1. The first-order valence-electron chi connectivity index (χ1n) is 8.59. The number of benzene rings is 3. The third kappa shape index (κ3) is 4.75. The van der Waals surface area contributed by atoms with Crippen molar-refractivity contribution in [2.24, 2.45) is 0 Å². The molecule has 3 aromatic carbocycles. The first kappa shape index (κ1) is 19.6. The molecular weight excluding hydrogens is 379 g/mol. The van der Waals surface area contributed by atoms with Crippen LogP contribution in [0.1, 0.15) is 28.9 Å². The second kappa shape index (κ2) is 8.22. The van der Waals surface area contributed by atoms with Crippen molar-refractivity contribution in [2.45, 2.75) is 17.9 Å². The number of hydrogen-bond acceptors (Lipinski definition) is 3. The smallest absolute Gasteiger partial charge is 0.261 e. The molecular formula is C21H19FN2O3S. The molecule has 1 unspecified atom stereocenters. The predicted molar refractivity (Wildman–Crippen MR) is 106 cm³/mol.